The van der Waals surface area contributed by atoms with Gasteiger partial charge in [0.15, 0.2) is 17.4 Å². The predicted octanol–water partition coefficient (Wildman–Crippen LogP) is 3.15. The topological polar surface area (TPSA) is 77.2 Å². The summed E-state index contributed by atoms with van der Waals surface area (Å²) in [6.07, 6.45) is 0.595. The van der Waals surface area contributed by atoms with E-state index in [1.807, 2.05) is 13.8 Å². The largest absolute Gasteiger partial charge is 0.494 e. The van der Waals surface area contributed by atoms with Crippen molar-refractivity contribution in [2.75, 3.05) is 7.11 Å². The lowest BCUT2D eigenvalue weighted by molar-refractivity contribution is -0.121. The highest BCUT2D eigenvalue weighted by Gasteiger charge is 2.14. The first-order valence-electron chi connectivity index (χ1n) is 7.86. The molecule has 0 saturated carbocycles. The molecule has 0 aliphatic heterocycles. The van der Waals surface area contributed by atoms with Crippen LogP contribution in [-0.2, 0) is 11.2 Å². The number of halogens is 1. The van der Waals surface area contributed by atoms with Crippen molar-refractivity contribution in [3.05, 3.63) is 41.3 Å². The van der Waals surface area contributed by atoms with E-state index in [-0.39, 0.29) is 30.0 Å². The fraction of sp³-hybridized carbons (Fsp3) is 0.471. The third-order valence-corrected chi connectivity index (χ3v) is 3.62. The van der Waals surface area contributed by atoms with Crippen molar-refractivity contribution in [3.63, 3.8) is 0 Å². The molecule has 1 N–H and O–H groups in total. The summed E-state index contributed by atoms with van der Waals surface area (Å²) < 4.78 is 23.7. The highest BCUT2D eigenvalue weighted by Crippen LogP contribution is 2.21. The number of ether oxygens (including phenoxy) is 1. The number of hydrogen-bond acceptors (Lipinski definition) is 5. The van der Waals surface area contributed by atoms with Gasteiger partial charge in [-0.2, -0.15) is 4.98 Å². The van der Waals surface area contributed by atoms with E-state index in [2.05, 4.69) is 15.5 Å². The van der Waals surface area contributed by atoms with Gasteiger partial charge in [0.2, 0.25) is 11.8 Å². The van der Waals surface area contributed by atoms with Gasteiger partial charge in [-0.05, 0) is 24.6 Å². The van der Waals surface area contributed by atoms with Crippen molar-refractivity contribution in [3.8, 4) is 5.75 Å². The van der Waals surface area contributed by atoms with Crippen LogP contribution in [0.4, 0.5) is 4.39 Å². The van der Waals surface area contributed by atoms with Crippen LogP contribution >= 0.6 is 0 Å². The lowest BCUT2D eigenvalue weighted by atomic mass is 10.1. The fourth-order valence-electron chi connectivity index (χ4n) is 2.17. The summed E-state index contributed by atoms with van der Waals surface area (Å²) in [7, 11) is 1.41. The standard InChI is InChI=1S/C17H22FN3O3/c1-10(2)17-20-16(24-21-17)8-7-15(22)19-11(3)12-5-6-14(23-4)13(18)9-12/h5-6,9-11H,7-8H2,1-4H3,(H,19,22)/t11-/m1/s1. The Morgan fingerprint density at radius 1 is 1.38 bits per heavy atom. The van der Waals surface area contributed by atoms with Crippen LogP contribution in [-0.4, -0.2) is 23.2 Å². The van der Waals surface area contributed by atoms with Gasteiger partial charge in [0.25, 0.3) is 0 Å². The molecule has 6 nitrogen and oxygen atoms in total. The zero-order chi connectivity index (χ0) is 17.7. The van der Waals surface area contributed by atoms with Crippen molar-refractivity contribution in [1.29, 1.82) is 0 Å². The summed E-state index contributed by atoms with van der Waals surface area (Å²) in [6, 6.07) is 4.31. The second-order valence-electron chi connectivity index (χ2n) is 5.88. The lowest BCUT2D eigenvalue weighted by Gasteiger charge is -2.15. The van der Waals surface area contributed by atoms with Gasteiger partial charge < -0.3 is 14.6 Å². The maximum atomic E-state index is 13.7. The van der Waals surface area contributed by atoms with Crippen molar-refractivity contribution in [2.45, 2.75) is 45.6 Å². The van der Waals surface area contributed by atoms with Gasteiger partial charge in [0, 0.05) is 18.8 Å². The molecule has 0 fully saturated rings. The first kappa shape index (κ1) is 17.9. The number of aryl methyl sites for hydroxylation is 1. The van der Waals surface area contributed by atoms with E-state index in [0.29, 0.717) is 23.7 Å². The molecule has 1 heterocycles. The number of hydrogen-bond donors (Lipinski definition) is 1. The molecule has 24 heavy (non-hydrogen) atoms. The quantitative estimate of drug-likeness (QED) is 0.841. The predicted molar refractivity (Wildman–Crippen MR) is 86.2 cm³/mol. The number of methoxy groups -OCH3 is 1. The minimum Gasteiger partial charge on any atom is -0.494 e. The SMILES string of the molecule is COc1ccc([C@@H](C)NC(=O)CCc2nc(C(C)C)no2)cc1F. The first-order valence-corrected chi connectivity index (χ1v) is 7.86. The number of aromatic nitrogens is 2. The van der Waals surface area contributed by atoms with E-state index in [0.717, 1.165) is 0 Å². The molecule has 2 aromatic rings. The molecule has 1 aromatic heterocycles. The van der Waals surface area contributed by atoms with E-state index in [4.69, 9.17) is 9.26 Å². The van der Waals surface area contributed by atoms with Crippen LogP contribution in [0.2, 0.25) is 0 Å². The molecule has 0 aliphatic rings. The number of benzene rings is 1. The van der Waals surface area contributed by atoms with Crippen LogP contribution in [0.15, 0.2) is 22.7 Å². The first-order chi connectivity index (χ1) is 11.4. The molecule has 0 aliphatic carbocycles. The van der Waals surface area contributed by atoms with Gasteiger partial charge in [0.05, 0.1) is 13.2 Å². The Morgan fingerprint density at radius 2 is 2.12 bits per heavy atom. The molecule has 2 rings (SSSR count). The van der Waals surface area contributed by atoms with Crippen LogP contribution in [0.3, 0.4) is 0 Å². The molecule has 0 spiro atoms. The van der Waals surface area contributed by atoms with Crippen molar-refractivity contribution < 1.29 is 18.4 Å². The van der Waals surface area contributed by atoms with Gasteiger partial charge >= 0.3 is 0 Å². The second kappa shape index (κ2) is 7.90. The summed E-state index contributed by atoms with van der Waals surface area (Å²) in [5.74, 6) is 0.812. The van der Waals surface area contributed by atoms with Crippen LogP contribution in [0.25, 0.3) is 0 Å². The zero-order valence-electron chi connectivity index (χ0n) is 14.3. The summed E-state index contributed by atoms with van der Waals surface area (Å²) in [4.78, 5) is 16.3. The van der Waals surface area contributed by atoms with Gasteiger partial charge in [-0.15, -0.1) is 0 Å². The summed E-state index contributed by atoms with van der Waals surface area (Å²) in [6.45, 7) is 5.73. The smallest absolute Gasteiger partial charge is 0.227 e. The number of carbonyl (C=O) groups excluding carboxylic acids is 1. The normalized spacial score (nSPS) is 12.2. The lowest BCUT2D eigenvalue weighted by Crippen LogP contribution is -2.26. The van der Waals surface area contributed by atoms with Gasteiger partial charge in [-0.25, -0.2) is 4.39 Å². The Hall–Kier alpha value is -2.44. The van der Waals surface area contributed by atoms with Crippen LogP contribution in [0.5, 0.6) is 5.75 Å². The highest BCUT2D eigenvalue weighted by molar-refractivity contribution is 5.76. The number of carbonyl (C=O) groups is 1. The Balaban J connectivity index is 1.88. The Morgan fingerprint density at radius 3 is 2.71 bits per heavy atom. The average Bonchev–Trinajstić information content (AvgIpc) is 3.02. The number of nitrogens with one attached hydrogen (secondary N) is 1. The van der Waals surface area contributed by atoms with Crippen molar-refractivity contribution >= 4 is 5.91 Å². The molecule has 130 valence electrons. The molecule has 1 atom stereocenters. The van der Waals surface area contributed by atoms with Crippen molar-refractivity contribution in [2.24, 2.45) is 0 Å². The molecule has 7 heteroatoms. The van der Waals surface area contributed by atoms with Gasteiger partial charge in [-0.1, -0.05) is 25.1 Å². The number of rotatable bonds is 7. The maximum Gasteiger partial charge on any atom is 0.227 e. The average molecular weight is 335 g/mol. The molecule has 0 radical (unpaired) electrons. The maximum absolute atomic E-state index is 13.7. The zero-order valence-corrected chi connectivity index (χ0v) is 14.3. The van der Waals surface area contributed by atoms with E-state index >= 15 is 0 Å². The van der Waals surface area contributed by atoms with E-state index in [1.54, 1.807) is 19.1 Å². The number of amides is 1. The molecular formula is C17H22FN3O3. The fourth-order valence-corrected chi connectivity index (χ4v) is 2.17. The molecule has 1 amide bonds. The molecule has 0 bridgehead atoms. The minimum absolute atomic E-state index is 0.164. The Labute approximate surface area is 140 Å². The van der Waals surface area contributed by atoms with Crippen LogP contribution < -0.4 is 10.1 Å². The highest BCUT2D eigenvalue weighted by atomic mass is 19.1. The van der Waals surface area contributed by atoms with Gasteiger partial charge in [-0.3, -0.25) is 4.79 Å². The second-order valence-corrected chi connectivity index (χ2v) is 5.88. The molecule has 0 unspecified atom stereocenters. The summed E-state index contributed by atoms with van der Waals surface area (Å²) in [5, 5.41) is 6.68. The summed E-state index contributed by atoms with van der Waals surface area (Å²) >= 11 is 0. The van der Waals surface area contributed by atoms with Gasteiger partial charge in [0.1, 0.15) is 0 Å². The summed E-state index contributed by atoms with van der Waals surface area (Å²) in [5.41, 5.74) is 0.668. The Kier molecular flexibility index (Phi) is 5.89. The molecule has 1 aromatic carbocycles. The van der Waals surface area contributed by atoms with E-state index in [9.17, 15) is 9.18 Å². The third kappa shape index (κ3) is 4.53. The Bertz CT molecular complexity index is 700. The van der Waals surface area contributed by atoms with E-state index in [1.165, 1.54) is 13.2 Å². The molecule has 0 saturated heterocycles. The minimum atomic E-state index is -0.455. The number of nitrogens with zero attached hydrogens (tertiary/aromatic N) is 2. The monoisotopic (exact) mass is 335 g/mol. The van der Waals surface area contributed by atoms with Crippen LogP contribution in [0, 0.1) is 5.82 Å². The van der Waals surface area contributed by atoms with Crippen molar-refractivity contribution in [1.82, 2.24) is 15.5 Å². The molecular weight excluding hydrogens is 313 g/mol. The van der Waals surface area contributed by atoms with E-state index < -0.39 is 5.82 Å². The van der Waals surface area contributed by atoms with Crippen LogP contribution in [0.1, 0.15) is 56.4 Å². The third-order valence-electron chi connectivity index (χ3n) is 3.62.